The second-order valence-electron chi connectivity index (χ2n) is 7.00. The van der Waals surface area contributed by atoms with Crippen molar-refractivity contribution in [3.63, 3.8) is 0 Å². The number of aryl methyl sites for hydroxylation is 2. The van der Waals surface area contributed by atoms with E-state index in [0.717, 1.165) is 55.6 Å². The van der Waals surface area contributed by atoms with E-state index in [-0.39, 0.29) is 5.91 Å². The highest BCUT2D eigenvalue weighted by Crippen LogP contribution is 2.21. The molecule has 10 nitrogen and oxygen atoms in total. The maximum absolute atomic E-state index is 12.4. The van der Waals surface area contributed by atoms with E-state index in [1.54, 1.807) is 23.1 Å². The van der Waals surface area contributed by atoms with Gasteiger partial charge in [-0.2, -0.15) is 4.98 Å². The molecule has 0 bridgehead atoms. The van der Waals surface area contributed by atoms with Crippen LogP contribution in [0, 0.1) is 0 Å². The quantitative estimate of drug-likeness (QED) is 0.451. The Morgan fingerprint density at radius 3 is 2.90 bits per heavy atom. The Balaban J connectivity index is 1.12. The molecule has 0 saturated carbocycles. The molecule has 3 aromatic heterocycles. The average molecular weight is 449 g/mol. The van der Waals surface area contributed by atoms with Gasteiger partial charge in [-0.05, 0) is 34.8 Å². The molecule has 1 amide bonds. The lowest BCUT2D eigenvalue weighted by molar-refractivity contribution is -0.132. The van der Waals surface area contributed by atoms with Crippen LogP contribution in [0.2, 0.25) is 0 Å². The Kier molecular flexibility index (Phi) is 7.07. The van der Waals surface area contributed by atoms with Crippen LogP contribution in [0.25, 0.3) is 10.7 Å². The number of hydrogen-bond acceptors (Lipinski definition) is 10. The highest BCUT2D eigenvalue weighted by atomic mass is 32.2. The molecule has 1 aliphatic heterocycles. The van der Waals surface area contributed by atoms with Gasteiger partial charge in [0, 0.05) is 51.8 Å². The molecule has 0 radical (unpaired) electrons. The minimum atomic E-state index is 0.198. The van der Waals surface area contributed by atoms with Crippen LogP contribution in [0.1, 0.15) is 18.7 Å². The van der Waals surface area contributed by atoms with Crippen molar-refractivity contribution >= 4 is 29.0 Å². The summed E-state index contributed by atoms with van der Waals surface area (Å²) in [6.07, 6.45) is 2.23. The summed E-state index contributed by atoms with van der Waals surface area (Å²) in [5, 5.41) is 18.1. The molecule has 1 fully saturated rings. The normalized spacial score (nSPS) is 15.0. The predicted molar refractivity (Wildman–Crippen MR) is 113 cm³/mol. The van der Waals surface area contributed by atoms with E-state index in [1.165, 1.54) is 11.8 Å². The molecule has 30 heavy (non-hydrogen) atoms. The van der Waals surface area contributed by atoms with Gasteiger partial charge in [-0.25, -0.2) is 4.68 Å². The molecule has 0 atom stereocenters. The van der Waals surface area contributed by atoms with E-state index >= 15 is 0 Å². The minimum absolute atomic E-state index is 0.198. The van der Waals surface area contributed by atoms with Gasteiger partial charge in [0.1, 0.15) is 0 Å². The number of carbonyl (C=O) groups is 1. The fourth-order valence-electron chi connectivity index (χ4n) is 3.27. The second kappa shape index (κ2) is 10.1. The molecule has 3 aromatic rings. The van der Waals surface area contributed by atoms with E-state index in [4.69, 9.17) is 4.52 Å². The van der Waals surface area contributed by atoms with E-state index < -0.39 is 0 Å². The van der Waals surface area contributed by atoms with Crippen molar-refractivity contribution in [2.75, 3.05) is 38.5 Å². The van der Waals surface area contributed by atoms with Crippen LogP contribution < -0.4 is 0 Å². The number of tetrazole rings is 1. The lowest BCUT2D eigenvalue weighted by Crippen LogP contribution is -2.49. The fraction of sp³-hybridized carbons (Fsp3) is 0.556. The van der Waals surface area contributed by atoms with Crippen LogP contribution in [0.4, 0.5) is 0 Å². The number of nitrogens with zero attached hydrogens (tertiary/aromatic N) is 8. The van der Waals surface area contributed by atoms with Crippen molar-refractivity contribution in [2.45, 2.75) is 24.4 Å². The smallest absolute Gasteiger partial charge is 0.227 e. The maximum atomic E-state index is 12.4. The summed E-state index contributed by atoms with van der Waals surface area (Å²) in [5.74, 6) is 2.23. The van der Waals surface area contributed by atoms with E-state index in [0.29, 0.717) is 23.9 Å². The number of rotatable bonds is 9. The molecule has 160 valence electrons. The zero-order valence-electron chi connectivity index (χ0n) is 16.8. The lowest BCUT2D eigenvalue weighted by atomic mass is 10.2. The van der Waals surface area contributed by atoms with Crippen molar-refractivity contribution < 1.29 is 9.32 Å². The van der Waals surface area contributed by atoms with Crippen LogP contribution >= 0.6 is 23.1 Å². The van der Waals surface area contributed by atoms with Gasteiger partial charge >= 0.3 is 0 Å². The number of thiophene rings is 1. The minimum Gasteiger partial charge on any atom is -0.340 e. The van der Waals surface area contributed by atoms with Crippen LogP contribution in [0.5, 0.6) is 0 Å². The van der Waals surface area contributed by atoms with Crippen LogP contribution in [0.15, 0.2) is 27.2 Å². The first-order valence-electron chi connectivity index (χ1n) is 9.91. The number of piperazine rings is 1. The SMILES string of the molecule is Cn1nnnc1SCCC(=O)N1CCN(CCCc2nc(-c3cccs3)no2)CC1. The Morgan fingerprint density at radius 1 is 1.30 bits per heavy atom. The monoisotopic (exact) mass is 448 g/mol. The summed E-state index contributed by atoms with van der Waals surface area (Å²) in [7, 11) is 1.80. The highest BCUT2D eigenvalue weighted by Gasteiger charge is 2.21. The van der Waals surface area contributed by atoms with Crippen LogP contribution in [-0.4, -0.2) is 84.5 Å². The zero-order valence-corrected chi connectivity index (χ0v) is 18.4. The highest BCUT2D eigenvalue weighted by molar-refractivity contribution is 7.99. The second-order valence-corrected chi connectivity index (χ2v) is 9.01. The van der Waals surface area contributed by atoms with Gasteiger partial charge < -0.3 is 9.42 Å². The first-order valence-corrected chi connectivity index (χ1v) is 11.8. The van der Waals surface area contributed by atoms with E-state index in [9.17, 15) is 4.79 Å². The summed E-state index contributed by atoms with van der Waals surface area (Å²) < 4.78 is 6.97. The van der Waals surface area contributed by atoms with E-state index in [1.807, 2.05) is 22.4 Å². The topological polar surface area (TPSA) is 106 Å². The molecular formula is C18H24N8O2S2. The third-order valence-corrected chi connectivity index (χ3v) is 6.81. The van der Waals surface area contributed by atoms with Crippen molar-refractivity contribution in [3.05, 3.63) is 23.4 Å². The van der Waals surface area contributed by atoms with E-state index in [2.05, 4.69) is 30.6 Å². The van der Waals surface area contributed by atoms with Crippen molar-refractivity contribution in [1.82, 2.24) is 40.1 Å². The zero-order chi connectivity index (χ0) is 20.8. The molecule has 12 heteroatoms. The average Bonchev–Trinajstić information content (AvgIpc) is 3.51. The Bertz CT molecular complexity index is 934. The van der Waals surface area contributed by atoms with Gasteiger partial charge in [-0.3, -0.25) is 9.69 Å². The maximum Gasteiger partial charge on any atom is 0.227 e. The van der Waals surface area contributed by atoms with Crippen molar-refractivity contribution in [1.29, 1.82) is 0 Å². The van der Waals surface area contributed by atoms with Gasteiger partial charge in [0.25, 0.3) is 0 Å². The molecule has 0 N–H and O–H groups in total. The summed E-state index contributed by atoms with van der Waals surface area (Å²) in [4.78, 5) is 22.3. The number of thioether (sulfide) groups is 1. The third kappa shape index (κ3) is 5.43. The number of carbonyl (C=O) groups excluding carboxylic acids is 1. The Hall–Kier alpha value is -2.31. The molecule has 4 heterocycles. The molecule has 1 aliphatic rings. The summed E-state index contributed by atoms with van der Waals surface area (Å²) in [6.45, 7) is 4.32. The van der Waals surface area contributed by atoms with Crippen molar-refractivity contribution in [2.24, 2.45) is 7.05 Å². The molecule has 1 saturated heterocycles. The van der Waals surface area contributed by atoms with Gasteiger partial charge in [0.05, 0.1) is 4.88 Å². The van der Waals surface area contributed by atoms with Gasteiger partial charge in [-0.15, -0.1) is 16.4 Å². The first kappa shape index (κ1) is 20.9. The lowest BCUT2D eigenvalue weighted by Gasteiger charge is -2.34. The molecule has 0 unspecified atom stereocenters. The number of amides is 1. The number of hydrogen-bond donors (Lipinski definition) is 0. The molecule has 0 aliphatic carbocycles. The molecule has 4 rings (SSSR count). The largest absolute Gasteiger partial charge is 0.340 e. The van der Waals surface area contributed by atoms with Gasteiger partial charge in [0.2, 0.25) is 22.8 Å². The third-order valence-electron chi connectivity index (χ3n) is 4.93. The Labute approximate surface area is 182 Å². The van der Waals surface area contributed by atoms with Crippen LogP contribution in [0.3, 0.4) is 0 Å². The number of aromatic nitrogens is 6. The van der Waals surface area contributed by atoms with Gasteiger partial charge in [0.15, 0.2) is 0 Å². The Morgan fingerprint density at radius 2 is 2.17 bits per heavy atom. The first-order chi connectivity index (χ1) is 14.7. The summed E-state index contributed by atoms with van der Waals surface area (Å²) in [6, 6.07) is 3.97. The van der Waals surface area contributed by atoms with Gasteiger partial charge in [-0.1, -0.05) is 23.0 Å². The molecular weight excluding hydrogens is 424 g/mol. The summed E-state index contributed by atoms with van der Waals surface area (Å²) in [5.41, 5.74) is 0. The predicted octanol–water partition coefficient (Wildman–Crippen LogP) is 1.58. The standard InChI is InChI=1S/C18H24N8O2S2/c1-24-18(20-22-23-24)30-13-6-16(27)26-10-8-25(9-11-26)7-2-5-15-19-17(21-28-15)14-4-3-12-29-14/h3-4,12H,2,5-11,13H2,1H3. The fourth-order valence-corrected chi connectivity index (χ4v) is 4.69. The van der Waals surface area contributed by atoms with Crippen molar-refractivity contribution in [3.8, 4) is 10.7 Å². The summed E-state index contributed by atoms with van der Waals surface area (Å²) >= 11 is 3.11. The van der Waals surface area contributed by atoms with Crippen LogP contribution in [-0.2, 0) is 18.3 Å². The molecule has 0 spiro atoms. The molecule has 0 aromatic carbocycles.